The van der Waals surface area contributed by atoms with Gasteiger partial charge < -0.3 is 4.74 Å². The molecule has 3 heterocycles. The molecule has 4 unspecified atom stereocenters. The highest BCUT2D eigenvalue weighted by atomic mass is 16.5. The molecule has 3 rings (SSSR count). The molecule has 0 spiro atoms. The third kappa shape index (κ3) is 1.21. The Hall–Kier alpha value is -0.610. The van der Waals surface area contributed by atoms with E-state index >= 15 is 0 Å². The first-order chi connectivity index (χ1) is 5.81. The lowest BCUT2D eigenvalue weighted by Crippen LogP contribution is -2.65. The summed E-state index contributed by atoms with van der Waals surface area (Å²) in [6.07, 6.45) is 0.00690. The quantitative estimate of drug-likeness (QED) is 0.523. The molecule has 4 heteroatoms. The van der Waals surface area contributed by atoms with E-state index in [0.29, 0.717) is 12.5 Å². The zero-order valence-electron chi connectivity index (χ0n) is 7.27. The maximum Gasteiger partial charge on any atom is 0.294 e. The molecule has 4 nitrogen and oxygen atoms in total. The van der Waals surface area contributed by atoms with Gasteiger partial charge in [-0.05, 0) is 6.92 Å². The van der Waals surface area contributed by atoms with Gasteiger partial charge >= 0.3 is 0 Å². The van der Waals surface area contributed by atoms with Crippen LogP contribution in [-0.4, -0.2) is 54.7 Å². The maximum atomic E-state index is 10.2. The van der Waals surface area contributed by atoms with Gasteiger partial charge in [-0.3, -0.25) is 14.6 Å². The molecule has 0 aromatic rings. The molecule has 4 atom stereocenters. The largest absolute Gasteiger partial charge is 0.447 e. The zero-order valence-corrected chi connectivity index (χ0v) is 7.27. The number of piperazine rings is 3. The van der Waals surface area contributed by atoms with Gasteiger partial charge in [0.25, 0.3) is 6.47 Å². The number of carbonyl (C=O) groups excluding carboxylic acids is 1. The van der Waals surface area contributed by atoms with Crippen LogP contribution in [-0.2, 0) is 9.53 Å². The molecule has 0 radical (unpaired) electrons. The first-order valence-electron chi connectivity index (χ1n) is 4.38. The minimum atomic E-state index is 0.00690. The van der Waals surface area contributed by atoms with Crippen molar-refractivity contribution in [2.75, 3.05) is 26.2 Å². The Morgan fingerprint density at radius 3 is 2.58 bits per heavy atom. The molecule has 68 valence electrons. The molecule has 3 aliphatic heterocycles. The predicted molar refractivity (Wildman–Crippen MR) is 43.5 cm³/mol. The summed E-state index contributed by atoms with van der Waals surface area (Å²) in [5.74, 6) is 0. The Bertz CT molecular complexity index is 186. The van der Waals surface area contributed by atoms with Gasteiger partial charge in [-0.2, -0.15) is 0 Å². The van der Waals surface area contributed by atoms with Gasteiger partial charge in [-0.15, -0.1) is 0 Å². The van der Waals surface area contributed by atoms with Crippen molar-refractivity contribution in [3.63, 3.8) is 0 Å². The molecule has 0 aliphatic carbocycles. The van der Waals surface area contributed by atoms with E-state index < -0.39 is 0 Å². The third-order valence-corrected chi connectivity index (χ3v) is 2.81. The van der Waals surface area contributed by atoms with Crippen molar-refractivity contribution >= 4 is 6.47 Å². The Morgan fingerprint density at radius 1 is 1.33 bits per heavy atom. The van der Waals surface area contributed by atoms with Crippen LogP contribution in [0, 0.1) is 0 Å². The van der Waals surface area contributed by atoms with E-state index in [1.807, 2.05) is 0 Å². The van der Waals surface area contributed by atoms with Crippen LogP contribution in [0.1, 0.15) is 6.92 Å². The van der Waals surface area contributed by atoms with Crippen molar-refractivity contribution in [3.8, 4) is 0 Å². The van der Waals surface area contributed by atoms with E-state index in [-0.39, 0.29) is 6.23 Å². The molecular formula is C8H14N2O2. The minimum absolute atomic E-state index is 0.00690. The van der Waals surface area contributed by atoms with Crippen LogP contribution in [0.25, 0.3) is 0 Å². The summed E-state index contributed by atoms with van der Waals surface area (Å²) in [4.78, 5) is 14.8. The number of carbonyl (C=O) groups is 1. The van der Waals surface area contributed by atoms with Crippen molar-refractivity contribution in [3.05, 3.63) is 0 Å². The van der Waals surface area contributed by atoms with Crippen LogP contribution in [0.3, 0.4) is 0 Å². The van der Waals surface area contributed by atoms with E-state index in [0.717, 1.165) is 26.2 Å². The molecule has 0 N–H and O–H groups in total. The van der Waals surface area contributed by atoms with Gasteiger partial charge in [-0.25, -0.2) is 0 Å². The summed E-state index contributed by atoms with van der Waals surface area (Å²) in [5.41, 5.74) is 0. The van der Waals surface area contributed by atoms with Gasteiger partial charge in [0.2, 0.25) is 0 Å². The summed E-state index contributed by atoms with van der Waals surface area (Å²) < 4.78 is 4.97. The number of fused-ring (bicyclic) bond motifs is 3. The molecule has 3 aliphatic rings. The molecule has 12 heavy (non-hydrogen) atoms. The molecule has 0 amide bonds. The second-order valence-corrected chi connectivity index (χ2v) is 3.53. The van der Waals surface area contributed by atoms with Crippen molar-refractivity contribution < 1.29 is 9.53 Å². The third-order valence-electron chi connectivity index (χ3n) is 2.81. The Kier molecular flexibility index (Phi) is 2.02. The second kappa shape index (κ2) is 3.03. The first-order valence-corrected chi connectivity index (χ1v) is 4.38. The monoisotopic (exact) mass is 170 g/mol. The van der Waals surface area contributed by atoms with Crippen molar-refractivity contribution in [2.45, 2.75) is 19.2 Å². The smallest absolute Gasteiger partial charge is 0.294 e. The predicted octanol–water partition coefficient (Wildman–Crippen LogP) is -0.495. The van der Waals surface area contributed by atoms with E-state index in [9.17, 15) is 4.79 Å². The van der Waals surface area contributed by atoms with Gasteiger partial charge in [0.1, 0.15) is 0 Å². The lowest BCUT2D eigenvalue weighted by atomic mass is 10.1. The molecule has 3 saturated heterocycles. The fourth-order valence-electron chi connectivity index (χ4n) is 2.07. The molecule has 3 fully saturated rings. The summed E-state index contributed by atoms with van der Waals surface area (Å²) >= 11 is 0. The summed E-state index contributed by atoms with van der Waals surface area (Å²) in [7, 11) is 0. The minimum Gasteiger partial charge on any atom is -0.447 e. The standard InChI is InChI=1S/C8H14N2O2/c1-7-4-10-3-2-9(7)5-8(10)12-6-11/h6-8H,2-5H2,1H3. The van der Waals surface area contributed by atoms with E-state index in [1.54, 1.807) is 0 Å². The number of hydrogen-bond donors (Lipinski definition) is 0. The molecule has 0 saturated carbocycles. The van der Waals surface area contributed by atoms with E-state index in [1.165, 1.54) is 0 Å². The van der Waals surface area contributed by atoms with E-state index in [4.69, 9.17) is 4.74 Å². The highest BCUT2D eigenvalue weighted by molar-refractivity contribution is 5.37. The van der Waals surface area contributed by atoms with Crippen molar-refractivity contribution in [1.82, 2.24) is 9.80 Å². The van der Waals surface area contributed by atoms with Gasteiger partial charge in [0, 0.05) is 32.2 Å². The number of ether oxygens (including phenoxy) is 1. The molecule has 0 aromatic heterocycles. The topological polar surface area (TPSA) is 32.8 Å². The molecule has 2 bridgehead atoms. The van der Waals surface area contributed by atoms with Gasteiger partial charge in [0.05, 0.1) is 0 Å². The van der Waals surface area contributed by atoms with Gasteiger partial charge in [0.15, 0.2) is 6.23 Å². The van der Waals surface area contributed by atoms with Crippen molar-refractivity contribution in [1.29, 1.82) is 0 Å². The highest BCUT2D eigenvalue weighted by Gasteiger charge is 2.36. The molecule has 0 aromatic carbocycles. The van der Waals surface area contributed by atoms with Crippen LogP contribution in [0.5, 0.6) is 0 Å². The summed E-state index contributed by atoms with van der Waals surface area (Å²) in [6.45, 7) is 6.81. The van der Waals surface area contributed by atoms with E-state index in [2.05, 4.69) is 16.7 Å². The fourth-order valence-corrected chi connectivity index (χ4v) is 2.07. The average Bonchev–Trinajstić information content (AvgIpc) is 2.07. The van der Waals surface area contributed by atoms with Crippen LogP contribution in [0.2, 0.25) is 0 Å². The Labute approximate surface area is 72.1 Å². The summed E-state index contributed by atoms with van der Waals surface area (Å²) in [6, 6.07) is 0.616. The Balaban J connectivity index is 2.00. The van der Waals surface area contributed by atoms with Crippen LogP contribution in [0.4, 0.5) is 0 Å². The number of hydrogen-bond acceptors (Lipinski definition) is 4. The second-order valence-electron chi connectivity index (χ2n) is 3.53. The fraction of sp³-hybridized carbons (Fsp3) is 0.875. The van der Waals surface area contributed by atoms with Crippen LogP contribution in [0.15, 0.2) is 0 Å². The lowest BCUT2D eigenvalue weighted by molar-refractivity contribution is -0.164. The zero-order chi connectivity index (χ0) is 8.55. The normalized spacial score (nSPS) is 45.8. The maximum absolute atomic E-state index is 10.2. The average molecular weight is 170 g/mol. The number of nitrogens with zero attached hydrogens (tertiary/aromatic N) is 2. The van der Waals surface area contributed by atoms with Gasteiger partial charge in [-0.1, -0.05) is 0 Å². The molecular weight excluding hydrogens is 156 g/mol. The summed E-state index contributed by atoms with van der Waals surface area (Å²) in [5, 5.41) is 0. The van der Waals surface area contributed by atoms with Crippen LogP contribution < -0.4 is 0 Å². The lowest BCUT2D eigenvalue weighted by Gasteiger charge is -2.49. The SMILES string of the molecule is CC1CN2CCN1CC2OC=O. The highest BCUT2D eigenvalue weighted by Crippen LogP contribution is 2.20. The Morgan fingerprint density at radius 2 is 2.08 bits per heavy atom. The van der Waals surface area contributed by atoms with Crippen molar-refractivity contribution in [2.24, 2.45) is 0 Å². The number of rotatable bonds is 2. The first kappa shape index (κ1) is 8.01. The van der Waals surface area contributed by atoms with Crippen LogP contribution >= 0.6 is 0 Å².